The highest BCUT2D eigenvalue weighted by atomic mass is 16.5. The zero-order valence-electron chi connectivity index (χ0n) is 23.5. The number of hydrogen-bond donors (Lipinski definition) is 6. The lowest BCUT2D eigenvalue weighted by Gasteiger charge is -2.15. The van der Waals surface area contributed by atoms with Crippen LogP contribution in [0.15, 0.2) is 48.5 Å². The third-order valence-electron chi connectivity index (χ3n) is 5.90. The molecule has 2 atom stereocenters. The molecule has 0 saturated carbocycles. The molecule has 208 valence electrons. The van der Waals surface area contributed by atoms with Crippen LogP contribution in [0.25, 0.3) is 21.8 Å². The Morgan fingerprint density at radius 1 is 0.684 bits per heavy atom. The first-order valence-corrected chi connectivity index (χ1v) is 13.4. The van der Waals surface area contributed by atoms with E-state index < -0.39 is 12.2 Å². The summed E-state index contributed by atoms with van der Waals surface area (Å²) in [6.45, 7) is 13.9. The molecule has 0 radical (unpaired) electrons. The maximum absolute atomic E-state index is 9.84. The predicted molar refractivity (Wildman–Crippen MR) is 155 cm³/mol. The van der Waals surface area contributed by atoms with Gasteiger partial charge in [-0.05, 0) is 50.2 Å². The SMILES string of the molecule is Cc1cc2c(OCC(O)CNC(C)C)cccc2[nH]1.Cc1cc2c(OCC(O)CNC(C)C)cccc2[nH]1. The van der Waals surface area contributed by atoms with Crippen molar-refractivity contribution >= 4 is 21.8 Å². The van der Waals surface area contributed by atoms with Crippen LogP contribution in [0.5, 0.6) is 11.5 Å². The number of aromatic nitrogens is 2. The second-order valence-electron chi connectivity index (χ2n) is 10.4. The number of nitrogens with one attached hydrogen (secondary N) is 4. The van der Waals surface area contributed by atoms with Crippen molar-refractivity contribution in [2.24, 2.45) is 0 Å². The Hall–Kier alpha value is -3.04. The first kappa shape index (κ1) is 29.5. The van der Waals surface area contributed by atoms with E-state index in [0.29, 0.717) is 38.4 Å². The lowest BCUT2D eigenvalue weighted by atomic mass is 10.2. The highest BCUT2D eigenvalue weighted by Crippen LogP contribution is 2.27. The Kier molecular flexibility index (Phi) is 11.0. The number of benzene rings is 2. The predicted octanol–water partition coefficient (Wildman–Crippen LogP) is 4.43. The lowest BCUT2D eigenvalue weighted by molar-refractivity contribution is 0.105. The quantitative estimate of drug-likeness (QED) is 0.163. The summed E-state index contributed by atoms with van der Waals surface area (Å²) in [5, 5.41) is 28.2. The minimum atomic E-state index is -0.502. The summed E-state index contributed by atoms with van der Waals surface area (Å²) < 4.78 is 11.4. The first-order chi connectivity index (χ1) is 18.1. The number of aliphatic hydroxyl groups excluding tert-OH is 2. The average Bonchev–Trinajstić information content (AvgIpc) is 3.45. The van der Waals surface area contributed by atoms with Crippen LogP contribution >= 0.6 is 0 Å². The summed E-state index contributed by atoms with van der Waals surface area (Å²) in [7, 11) is 0. The van der Waals surface area contributed by atoms with E-state index in [-0.39, 0.29) is 0 Å². The van der Waals surface area contributed by atoms with Crippen LogP contribution in [0, 0.1) is 13.8 Å². The second kappa shape index (κ2) is 14.2. The number of ether oxygens (including phenoxy) is 2. The highest BCUT2D eigenvalue weighted by molar-refractivity contribution is 5.87. The molecule has 2 aromatic carbocycles. The van der Waals surface area contributed by atoms with Gasteiger partial charge in [-0.25, -0.2) is 0 Å². The van der Waals surface area contributed by atoms with Crippen molar-refractivity contribution in [1.29, 1.82) is 0 Å². The van der Waals surface area contributed by atoms with Crippen LogP contribution < -0.4 is 20.1 Å². The zero-order chi connectivity index (χ0) is 27.7. The number of hydrogen-bond acceptors (Lipinski definition) is 6. The number of H-pyrrole nitrogens is 2. The van der Waals surface area contributed by atoms with Gasteiger partial charge < -0.3 is 40.3 Å². The highest BCUT2D eigenvalue weighted by Gasteiger charge is 2.10. The molecular formula is C30H44N4O4. The summed E-state index contributed by atoms with van der Waals surface area (Å²) in [6.07, 6.45) is -1.00. The van der Waals surface area contributed by atoms with E-state index in [2.05, 4.69) is 60.4 Å². The molecule has 0 saturated heterocycles. The molecular weight excluding hydrogens is 480 g/mol. The summed E-state index contributed by atoms with van der Waals surface area (Å²) in [5.41, 5.74) is 4.33. The van der Waals surface area contributed by atoms with Crippen molar-refractivity contribution in [3.05, 3.63) is 59.9 Å². The molecule has 6 N–H and O–H groups in total. The second-order valence-corrected chi connectivity index (χ2v) is 10.4. The average molecular weight is 525 g/mol. The van der Waals surface area contributed by atoms with Gasteiger partial charge in [0.25, 0.3) is 0 Å². The fourth-order valence-corrected chi connectivity index (χ4v) is 4.02. The number of rotatable bonds is 12. The van der Waals surface area contributed by atoms with Crippen molar-refractivity contribution in [2.75, 3.05) is 26.3 Å². The number of aromatic amines is 2. The van der Waals surface area contributed by atoms with Gasteiger partial charge in [0.1, 0.15) is 36.9 Å². The van der Waals surface area contributed by atoms with E-state index in [1.807, 2.05) is 50.2 Å². The Balaban J connectivity index is 0.000000211. The molecule has 0 fully saturated rings. The minimum absolute atomic E-state index is 0.295. The van der Waals surface area contributed by atoms with Gasteiger partial charge in [-0.3, -0.25) is 0 Å². The molecule has 0 aliphatic carbocycles. The van der Waals surface area contributed by atoms with Gasteiger partial charge in [-0.2, -0.15) is 0 Å². The van der Waals surface area contributed by atoms with E-state index in [9.17, 15) is 10.2 Å². The summed E-state index contributed by atoms with van der Waals surface area (Å²) in [5.74, 6) is 1.62. The fourth-order valence-electron chi connectivity index (χ4n) is 4.02. The fraction of sp³-hybridized carbons (Fsp3) is 0.467. The molecule has 0 aliphatic heterocycles. The Morgan fingerprint density at radius 2 is 1.08 bits per heavy atom. The molecule has 8 nitrogen and oxygen atoms in total. The van der Waals surface area contributed by atoms with Crippen LogP contribution in [0.1, 0.15) is 39.1 Å². The summed E-state index contributed by atoms with van der Waals surface area (Å²) in [4.78, 5) is 6.54. The molecule has 0 aliphatic rings. The normalized spacial score (nSPS) is 13.1. The van der Waals surface area contributed by atoms with Crippen molar-refractivity contribution in [1.82, 2.24) is 20.6 Å². The third-order valence-corrected chi connectivity index (χ3v) is 5.90. The molecule has 0 spiro atoms. The smallest absolute Gasteiger partial charge is 0.128 e. The van der Waals surface area contributed by atoms with Gasteiger partial charge in [0.2, 0.25) is 0 Å². The maximum atomic E-state index is 9.84. The molecule has 2 aromatic heterocycles. The number of aryl methyl sites for hydroxylation is 2. The van der Waals surface area contributed by atoms with Crippen molar-refractivity contribution in [3.63, 3.8) is 0 Å². The van der Waals surface area contributed by atoms with E-state index >= 15 is 0 Å². The number of fused-ring (bicyclic) bond motifs is 2. The van der Waals surface area contributed by atoms with Crippen molar-refractivity contribution in [2.45, 2.75) is 65.8 Å². The van der Waals surface area contributed by atoms with Crippen LogP contribution in [0.4, 0.5) is 0 Å². The van der Waals surface area contributed by atoms with Crippen LogP contribution in [-0.2, 0) is 0 Å². The maximum Gasteiger partial charge on any atom is 0.128 e. The third kappa shape index (κ3) is 9.06. The van der Waals surface area contributed by atoms with E-state index in [4.69, 9.17) is 9.47 Å². The standard InChI is InChI=1S/2C15H22N2O2/c2*1-10(2)16-8-12(18)9-19-15-6-4-5-14-13(15)7-11(3)17-14/h2*4-7,10,12,16-18H,8-9H2,1-3H3. The van der Waals surface area contributed by atoms with Crippen molar-refractivity contribution in [3.8, 4) is 11.5 Å². The topological polar surface area (TPSA) is 115 Å². The lowest BCUT2D eigenvalue weighted by Crippen LogP contribution is -2.35. The van der Waals surface area contributed by atoms with Gasteiger partial charge in [-0.1, -0.05) is 39.8 Å². The van der Waals surface area contributed by atoms with Gasteiger partial charge in [0, 0.05) is 58.4 Å². The van der Waals surface area contributed by atoms with E-state index in [1.54, 1.807) is 0 Å². The Bertz CT molecular complexity index is 1170. The monoisotopic (exact) mass is 524 g/mol. The summed E-state index contributed by atoms with van der Waals surface area (Å²) in [6, 6.07) is 16.6. The molecule has 8 heteroatoms. The molecule has 38 heavy (non-hydrogen) atoms. The minimum Gasteiger partial charge on any atom is -0.490 e. The zero-order valence-corrected chi connectivity index (χ0v) is 23.5. The van der Waals surface area contributed by atoms with Crippen molar-refractivity contribution < 1.29 is 19.7 Å². The molecule has 4 rings (SSSR count). The first-order valence-electron chi connectivity index (χ1n) is 13.4. The summed E-state index contributed by atoms with van der Waals surface area (Å²) >= 11 is 0. The Labute approximate surface area is 225 Å². The molecule has 4 aromatic rings. The van der Waals surface area contributed by atoms with Crippen LogP contribution in [0.2, 0.25) is 0 Å². The van der Waals surface area contributed by atoms with Gasteiger partial charge in [0.15, 0.2) is 0 Å². The van der Waals surface area contributed by atoms with Crippen LogP contribution in [0.3, 0.4) is 0 Å². The van der Waals surface area contributed by atoms with E-state index in [0.717, 1.165) is 44.7 Å². The largest absolute Gasteiger partial charge is 0.490 e. The van der Waals surface area contributed by atoms with Crippen LogP contribution in [-0.4, -0.2) is 70.8 Å². The molecule has 0 amide bonds. The van der Waals surface area contributed by atoms with Gasteiger partial charge in [0.05, 0.1) is 0 Å². The molecule has 0 bridgehead atoms. The molecule has 2 heterocycles. The number of aliphatic hydroxyl groups is 2. The van der Waals surface area contributed by atoms with Gasteiger partial charge in [-0.15, -0.1) is 0 Å². The van der Waals surface area contributed by atoms with Gasteiger partial charge >= 0.3 is 0 Å². The van der Waals surface area contributed by atoms with E-state index in [1.165, 1.54) is 0 Å². The molecule has 2 unspecified atom stereocenters. The Morgan fingerprint density at radius 3 is 1.45 bits per heavy atom.